The molecule has 2 rings (SSSR count). The molecule has 0 bridgehead atoms. The van der Waals surface area contributed by atoms with Crippen LogP contribution in [0.15, 0.2) is 0 Å². The van der Waals surface area contributed by atoms with Crippen LogP contribution in [0.3, 0.4) is 0 Å². The normalized spacial score (nSPS) is 36.9. The van der Waals surface area contributed by atoms with Gasteiger partial charge >= 0.3 is 0 Å². The van der Waals surface area contributed by atoms with Gasteiger partial charge in [0, 0.05) is 29.6 Å². The largest absolute Gasteiger partial charge is 0.342 e. The van der Waals surface area contributed by atoms with Crippen molar-refractivity contribution in [3.8, 4) is 0 Å². The summed E-state index contributed by atoms with van der Waals surface area (Å²) in [7, 11) is 0. The summed E-state index contributed by atoms with van der Waals surface area (Å²) in [5, 5.41) is 0. The number of piperidine rings is 1. The number of likely N-dealkylation sites (tertiary alicyclic amines) is 1. The molecule has 2 nitrogen and oxygen atoms in total. The molecule has 0 aromatic rings. The van der Waals surface area contributed by atoms with Gasteiger partial charge in [0.1, 0.15) is 0 Å². The van der Waals surface area contributed by atoms with Gasteiger partial charge in [0.2, 0.25) is 5.91 Å². The maximum Gasteiger partial charge on any atom is 0.226 e. The van der Waals surface area contributed by atoms with Crippen LogP contribution in [0.25, 0.3) is 0 Å². The minimum absolute atomic E-state index is 0.314. The molecular weight excluding hydrogens is 274 g/mol. The summed E-state index contributed by atoms with van der Waals surface area (Å²) in [6, 6.07) is 0. The van der Waals surface area contributed by atoms with E-state index in [1.807, 2.05) is 11.8 Å². The first kappa shape index (κ1) is 11.8. The first-order valence-corrected chi connectivity index (χ1v) is 7.76. The number of carbonyl (C=O) groups is 1. The summed E-state index contributed by atoms with van der Waals surface area (Å²) >= 11 is 5.59. The first-order valence-electron chi connectivity index (χ1n) is 5.69. The van der Waals surface area contributed by atoms with Crippen molar-refractivity contribution < 1.29 is 4.79 Å². The van der Waals surface area contributed by atoms with Gasteiger partial charge in [0.15, 0.2) is 0 Å². The Balaban J connectivity index is 1.90. The lowest BCUT2D eigenvalue weighted by Crippen LogP contribution is -2.45. The summed E-state index contributed by atoms with van der Waals surface area (Å²) in [5.74, 6) is 3.53. The highest BCUT2D eigenvalue weighted by Crippen LogP contribution is 2.29. The number of halogens is 1. The Morgan fingerprint density at radius 3 is 2.87 bits per heavy atom. The SMILES string of the molecule is CC1CN(C(=O)C2CCSC2)CCC1Br. The fourth-order valence-electron chi connectivity index (χ4n) is 2.30. The zero-order valence-corrected chi connectivity index (χ0v) is 11.5. The molecule has 86 valence electrons. The number of amides is 1. The third-order valence-corrected chi connectivity index (χ3v) is 5.91. The second-order valence-corrected chi connectivity index (χ2v) is 6.95. The minimum atomic E-state index is 0.314. The van der Waals surface area contributed by atoms with E-state index in [-0.39, 0.29) is 0 Å². The van der Waals surface area contributed by atoms with Crippen molar-refractivity contribution in [2.24, 2.45) is 11.8 Å². The number of hydrogen-bond donors (Lipinski definition) is 0. The van der Waals surface area contributed by atoms with E-state index in [1.54, 1.807) is 0 Å². The molecule has 0 saturated carbocycles. The highest BCUT2D eigenvalue weighted by molar-refractivity contribution is 9.09. The smallest absolute Gasteiger partial charge is 0.226 e. The van der Waals surface area contributed by atoms with E-state index in [0.29, 0.717) is 22.6 Å². The Hall–Kier alpha value is 0.300. The predicted molar refractivity (Wildman–Crippen MR) is 68.5 cm³/mol. The standard InChI is InChI=1S/C11H18BrNOS/c1-8-6-13(4-2-10(8)12)11(14)9-3-5-15-7-9/h8-10H,2-7H2,1H3. The number of nitrogens with zero attached hydrogens (tertiary/aromatic N) is 1. The van der Waals surface area contributed by atoms with Crippen LogP contribution in [0, 0.1) is 11.8 Å². The Kier molecular flexibility index (Phi) is 3.99. The van der Waals surface area contributed by atoms with Crippen LogP contribution in [0.2, 0.25) is 0 Å². The third kappa shape index (κ3) is 2.70. The molecule has 3 unspecified atom stereocenters. The predicted octanol–water partition coefficient (Wildman–Crippen LogP) is 2.37. The average Bonchev–Trinajstić information content (AvgIpc) is 2.74. The van der Waals surface area contributed by atoms with Gasteiger partial charge in [-0.3, -0.25) is 4.79 Å². The maximum atomic E-state index is 12.1. The van der Waals surface area contributed by atoms with E-state index < -0.39 is 0 Å². The Morgan fingerprint density at radius 2 is 2.27 bits per heavy atom. The second-order valence-electron chi connectivity index (χ2n) is 4.63. The monoisotopic (exact) mass is 291 g/mol. The fraction of sp³-hybridized carbons (Fsp3) is 0.909. The van der Waals surface area contributed by atoms with Gasteiger partial charge in [0.05, 0.1) is 0 Å². The third-order valence-electron chi connectivity index (χ3n) is 3.39. The fourth-order valence-corrected chi connectivity index (χ4v) is 3.89. The van der Waals surface area contributed by atoms with E-state index in [1.165, 1.54) is 5.75 Å². The summed E-state index contributed by atoms with van der Waals surface area (Å²) in [5.41, 5.74) is 0. The molecule has 4 heteroatoms. The Bertz CT molecular complexity index is 243. The molecule has 2 fully saturated rings. The first-order chi connectivity index (χ1) is 7.18. The molecule has 0 spiro atoms. The van der Waals surface area contributed by atoms with Gasteiger partial charge in [-0.1, -0.05) is 22.9 Å². The van der Waals surface area contributed by atoms with Crippen LogP contribution in [-0.2, 0) is 4.79 Å². The molecule has 15 heavy (non-hydrogen) atoms. The van der Waals surface area contributed by atoms with E-state index in [0.717, 1.165) is 31.7 Å². The zero-order valence-electron chi connectivity index (χ0n) is 9.12. The van der Waals surface area contributed by atoms with E-state index in [9.17, 15) is 4.79 Å². The van der Waals surface area contributed by atoms with Gasteiger partial charge in [-0.25, -0.2) is 0 Å². The highest BCUT2D eigenvalue weighted by Gasteiger charge is 2.32. The van der Waals surface area contributed by atoms with E-state index in [4.69, 9.17) is 0 Å². The Morgan fingerprint density at radius 1 is 1.47 bits per heavy atom. The van der Waals surface area contributed by atoms with Crippen LogP contribution >= 0.6 is 27.7 Å². The summed E-state index contributed by atoms with van der Waals surface area (Å²) in [4.78, 5) is 14.8. The van der Waals surface area contributed by atoms with Crippen LogP contribution < -0.4 is 0 Å². The molecule has 3 atom stereocenters. The maximum absolute atomic E-state index is 12.1. The van der Waals surface area contributed by atoms with Gasteiger partial charge in [-0.05, 0) is 24.5 Å². The number of hydrogen-bond acceptors (Lipinski definition) is 2. The van der Waals surface area contributed by atoms with Gasteiger partial charge in [0.25, 0.3) is 0 Å². The summed E-state index contributed by atoms with van der Waals surface area (Å²) in [6.45, 7) is 4.11. The molecule has 2 aliphatic heterocycles. The summed E-state index contributed by atoms with van der Waals surface area (Å²) < 4.78 is 0. The molecule has 0 aliphatic carbocycles. The lowest BCUT2D eigenvalue weighted by atomic mass is 9.98. The molecule has 1 amide bonds. The molecule has 0 N–H and O–H groups in total. The molecular formula is C11H18BrNOS. The zero-order chi connectivity index (χ0) is 10.8. The lowest BCUT2D eigenvalue weighted by molar-refractivity contribution is -0.136. The van der Waals surface area contributed by atoms with Crippen molar-refractivity contribution in [3.63, 3.8) is 0 Å². The van der Waals surface area contributed by atoms with Crippen molar-refractivity contribution in [2.75, 3.05) is 24.6 Å². The van der Waals surface area contributed by atoms with Crippen molar-refractivity contribution in [3.05, 3.63) is 0 Å². The van der Waals surface area contributed by atoms with Crippen molar-refractivity contribution >= 4 is 33.6 Å². The number of carbonyl (C=O) groups excluding carboxylic acids is 1. The van der Waals surface area contributed by atoms with Crippen molar-refractivity contribution in [1.82, 2.24) is 4.90 Å². The van der Waals surface area contributed by atoms with Gasteiger partial charge in [-0.15, -0.1) is 0 Å². The number of thioether (sulfide) groups is 1. The molecule has 2 heterocycles. The number of alkyl halides is 1. The minimum Gasteiger partial charge on any atom is -0.342 e. The molecule has 0 radical (unpaired) electrons. The molecule has 0 aromatic heterocycles. The van der Waals surface area contributed by atoms with Crippen LogP contribution in [0.1, 0.15) is 19.8 Å². The van der Waals surface area contributed by atoms with Crippen LogP contribution in [0.4, 0.5) is 0 Å². The topological polar surface area (TPSA) is 20.3 Å². The molecule has 2 aliphatic rings. The van der Waals surface area contributed by atoms with E-state index in [2.05, 4.69) is 27.8 Å². The molecule has 2 saturated heterocycles. The quantitative estimate of drug-likeness (QED) is 0.692. The van der Waals surface area contributed by atoms with Crippen LogP contribution in [-0.4, -0.2) is 40.2 Å². The second kappa shape index (κ2) is 5.09. The van der Waals surface area contributed by atoms with Crippen molar-refractivity contribution in [1.29, 1.82) is 0 Å². The summed E-state index contributed by atoms with van der Waals surface area (Å²) in [6.07, 6.45) is 2.19. The van der Waals surface area contributed by atoms with Gasteiger partial charge < -0.3 is 4.90 Å². The van der Waals surface area contributed by atoms with Crippen LogP contribution in [0.5, 0.6) is 0 Å². The highest BCUT2D eigenvalue weighted by atomic mass is 79.9. The van der Waals surface area contributed by atoms with Crippen molar-refractivity contribution in [2.45, 2.75) is 24.6 Å². The number of rotatable bonds is 1. The lowest BCUT2D eigenvalue weighted by Gasteiger charge is -2.35. The Labute approximate surface area is 104 Å². The molecule has 0 aromatic carbocycles. The van der Waals surface area contributed by atoms with E-state index >= 15 is 0 Å². The van der Waals surface area contributed by atoms with Gasteiger partial charge in [-0.2, -0.15) is 11.8 Å². The average molecular weight is 292 g/mol.